The molecule has 0 saturated carbocycles. The number of hydrogen-bond donors (Lipinski definition) is 2. The van der Waals surface area contributed by atoms with Crippen molar-refractivity contribution in [3.05, 3.63) is 28.7 Å². The van der Waals surface area contributed by atoms with Crippen LogP contribution in [0.25, 0.3) is 0 Å². The maximum Gasteiger partial charge on any atom is 0.348 e. The Morgan fingerprint density at radius 3 is 2.35 bits per heavy atom. The monoisotopic (exact) mass is 340 g/mol. The van der Waals surface area contributed by atoms with Crippen LogP contribution in [0.2, 0.25) is 0 Å². The molecule has 0 bridgehead atoms. The maximum absolute atomic E-state index is 12.1. The summed E-state index contributed by atoms with van der Waals surface area (Å²) in [5.41, 5.74) is 0.583. The van der Waals surface area contributed by atoms with Crippen molar-refractivity contribution in [1.82, 2.24) is 5.32 Å². The molecule has 0 aromatic carbocycles. The van der Waals surface area contributed by atoms with Gasteiger partial charge in [-0.15, -0.1) is 17.9 Å². The summed E-state index contributed by atoms with van der Waals surface area (Å²) in [5, 5.41) is 5.33. The molecule has 8 heteroatoms. The molecule has 1 aromatic heterocycles. The summed E-state index contributed by atoms with van der Waals surface area (Å²) in [7, 11) is 0. The van der Waals surface area contributed by atoms with Gasteiger partial charge in [-0.1, -0.05) is 6.08 Å². The van der Waals surface area contributed by atoms with Crippen LogP contribution in [-0.4, -0.2) is 37.7 Å². The molecule has 1 aromatic rings. The van der Waals surface area contributed by atoms with Crippen molar-refractivity contribution in [2.24, 2.45) is 0 Å². The number of carbonyl (C=O) groups is 3. The lowest BCUT2D eigenvalue weighted by atomic mass is 10.1. The van der Waals surface area contributed by atoms with E-state index in [0.29, 0.717) is 5.56 Å². The van der Waals surface area contributed by atoms with E-state index in [-0.39, 0.29) is 35.2 Å². The van der Waals surface area contributed by atoms with Crippen molar-refractivity contribution < 1.29 is 23.9 Å². The van der Waals surface area contributed by atoms with E-state index in [1.807, 2.05) is 0 Å². The zero-order valence-corrected chi connectivity index (χ0v) is 14.2. The van der Waals surface area contributed by atoms with Crippen LogP contribution >= 0.6 is 11.3 Å². The third-order valence-corrected chi connectivity index (χ3v) is 3.91. The van der Waals surface area contributed by atoms with Gasteiger partial charge in [-0.25, -0.2) is 14.4 Å². The van der Waals surface area contributed by atoms with E-state index in [0.717, 1.165) is 11.3 Å². The Kier molecular flexibility index (Phi) is 7.27. The molecule has 2 N–H and O–H groups in total. The van der Waals surface area contributed by atoms with Crippen molar-refractivity contribution in [2.45, 2.75) is 20.8 Å². The molecule has 1 rings (SSSR count). The lowest BCUT2D eigenvalue weighted by Gasteiger charge is -2.07. The van der Waals surface area contributed by atoms with Crippen LogP contribution in [0, 0.1) is 6.92 Å². The number of nitrogens with one attached hydrogen (secondary N) is 2. The molecule has 2 amide bonds. The van der Waals surface area contributed by atoms with Gasteiger partial charge in [0.1, 0.15) is 9.88 Å². The third-order valence-electron chi connectivity index (χ3n) is 2.72. The first-order valence-corrected chi connectivity index (χ1v) is 7.91. The summed E-state index contributed by atoms with van der Waals surface area (Å²) < 4.78 is 9.96. The van der Waals surface area contributed by atoms with Crippen LogP contribution in [-0.2, 0) is 9.47 Å². The molecular weight excluding hydrogens is 320 g/mol. The van der Waals surface area contributed by atoms with E-state index in [2.05, 4.69) is 17.2 Å². The van der Waals surface area contributed by atoms with Crippen molar-refractivity contribution >= 4 is 34.3 Å². The predicted octanol–water partition coefficient (Wildman–Crippen LogP) is 2.72. The van der Waals surface area contributed by atoms with Gasteiger partial charge in [-0.3, -0.25) is 5.32 Å². The first kappa shape index (κ1) is 18.7. The first-order valence-electron chi connectivity index (χ1n) is 7.09. The fourth-order valence-electron chi connectivity index (χ4n) is 1.75. The second-order valence-electron chi connectivity index (χ2n) is 4.32. The molecular formula is C15H20N2O5S. The highest BCUT2D eigenvalue weighted by molar-refractivity contribution is 7.18. The van der Waals surface area contributed by atoms with Crippen molar-refractivity contribution in [3.8, 4) is 0 Å². The van der Waals surface area contributed by atoms with E-state index in [1.165, 1.54) is 6.08 Å². The first-order chi connectivity index (χ1) is 11.0. The number of anilines is 1. The lowest BCUT2D eigenvalue weighted by molar-refractivity contribution is 0.0527. The topological polar surface area (TPSA) is 93.7 Å². The van der Waals surface area contributed by atoms with Gasteiger partial charge in [0.15, 0.2) is 0 Å². The Hall–Kier alpha value is -2.35. The number of carbonyl (C=O) groups excluding carboxylic acids is 3. The number of urea groups is 1. The molecule has 0 atom stereocenters. The molecule has 1 heterocycles. The second kappa shape index (κ2) is 8.94. The Morgan fingerprint density at radius 1 is 1.17 bits per heavy atom. The molecule has 126 valence electrons. The fourth-order valence-corrected chi connectivity index (χ4v) is 2.84. The average molecular weight is 340 g/mol. The number of thiophene rings is 1. The average Bonchev–Trinajstić information content (AvgIpc) is 2.82. The summed E-state index contributed by atoms with van der Waals surface area (Å²) in [6, 6.07) is -0.507. The smallest absolute Gasteiger partial charge is 0.348 e. The number of rotatable bonds is 7. The minimum atomic E-state index is -0.601. The number of esters is 2. The Morgan fingerprint density at radius 2 is 1.78 bits per heavy atom. The second-order valence-corrected chi connectivity index (χ2v) is 5.35. The highest BCUT2D eigenvalue weighted by atomic mass is 32.1. The zero-order valence-electron chi connectivity index (χ0n) is 13.4. The lowest BCUT2D eigenvalue weighted by Crippen LogP contribution is -2.29. The zero-order chi connectivity index (χ0) is 17.4. The normalized spacial score (nSPS) is 9.87. The molecule has 0 aliphatic rings. The van der Waals surface area contributed by atoms with Gasteiger partial charge < -0.3 is 14.8 Å². The molecule has 0 radical (unpaired) electrons. The van der Waals surface area contributed by atoms with E-state index in [9.17, 15) is 14.4 Å². The van der Waals surface area contributed by atoms with Crippen molar-refractivity contribution in [1.29, 1.82) is 0 Å². The predicted molar refractivity (Wildman–Crippen MR) is 88.2 cm³/mol. The van der Waals surface area contributed by atoms with E-state index >= 15 is 0 Å². The molecule has 23 heavy (non-hydrogen) atoms. The van der Waals surface area contributed by atoms with E-state index in [1.54, 1.807) is 20.8 Å². The summed E-state index contributed by atoms with van der Waals surface area (Å²) in [5.74, 6) is -1.14. The third kappa shape index (κ3) is 4.82. The molecule has 0 aliphatic carbocycles. The summed E-state index contributed by atoms with van der Waals surface area (Å²) >= 11 is 0.977. The van der Waals surface area contributed by atoms with Gasteiger partial charge in [0.25, 0.3) is 0 Å². The Bertz CT molecular complexity index is 609. The minimum Gasteiger partial charge on any atom is -0.462 e. The molecule has 0 aliphatic heterocycles. The highest BCUT2D eigenvalue weighted by Gasteiger charge is 2.27. The summed E-state index contributed by atoms with van der Waals surface area (Å²) in [4.78, 5) is 36.1. The molecule has 7 nitrogen and oxygen atoms in total. The van der Waals surface area contributed by atoms with Gasteiger partial charge in [-0.2, -0.15) is 0 Å². The van der Waals surface area contributed by atoms with Crippen LogP contribution in [0.15, 0.2) is 12.7 Å². The van der Waals surface area contributed by atoms with Crippen molar-refractivity contribution in [2.75, 3.05) is 25.1 Å². The minimum absolute atomic E-state index is 0.161. The maximum atomic E-state index is 12.1. The molecule has 0 fully saturated rings. The summed E-state index contributed by atoms with van der Waals surface area (Å²) in [6.07, 6.45) is 1.52. The number of hydrogen-bond acceptors (Lipinski definition) is 6. The van der Waals surface area contributed by atoms with Crippen LogP contribution in [0.3, 0.4) is 0 Å². The van der Waals surface area contributed by atoms with Crippen molar-refractivity contribution in [3.63, 3.8) is 0 Å². The van der Waals surface area contributed by atoms with E-state index < -0.39 is 18.0 Å². The standard InChI is InChI=1S/C15H20N2O5S/c1-5-8-16-15(20)17-12-10(13(18)21-6-2)9(4)11(23-12)14(19)22-7-3/h5H,1,6-8H2,2-4H3,(H2,16,17,20). The largest absolute Gasteiger partial charge is 0.462 e. The highest BCUT2D eigenvalue weighted by Crippen LogP contribution is 2.34. The number of ether oxygens (including phenoxy) is 2. The molecule has 0 saturated heterocycles. The van der Waals surface area contributed by atoms with Crippen LogP contribution in [0.4, 0.5) is 9.80 Å². The SMILES string of the molecule is C=CCNC(=O)Nc1sc(C(=O)OCC)c(C)c1C(=O)OCC. The van der Waals surface area contributed by atoms with Gasteiger partial charge >= 0.3 is 18.0 Å². The van der Waals surface area contributed by atoms with Gasteiger partial charge in [0.05, 0.1) is 18.8 Å². The molecule has 0 spiro atoms. The van der Waals surface area contributed by atoms with Crippen LogP contribution in [0.1, 0.15) is 39.4 Å². The molecule has 0 unspecified atom stereocenters. The van der Waals surface area contributed by atoms with E-state index in [4.69, 9.17) is 9.47 Å². The Balaban J connectivity index is 3.17. The summed E-state index contributed by atoms with van der Waals surface area (Å²) in [6.45, 7) is 9.15. The quantitative estimate of drug-likeness (QED) is 0.588. The van der Waals surface area contributed by atoms with Gasteiger partial charge in [0, 0.05) is 6.54 Å². The van der Waals surface area contributed by atoms with Crippen LogP contribution < -0.4 is 10.6 Å². The Labute approximate surface area is 138 Å². The van der Waals surface area contributed by atoms with Gasteiger partial charge in [0.2, 0.25) is 0 Å². The van der Waals surface area contributed by atoms with Crippen LogP contribution in [0.5, 0.6) is 0 Å². The van der Waals surface area contributed by atoms with Gasteiger partial charge in [-0.05, 0) is 26.3 Å². The fraction of sp³-hybridized carbons (Fsp3) is 0.400. The number of amides is 2.